The number of nitrogens with one attached hydrogen (secondary N) is 2. The smallest absolute Gasteiger partial charge is 0.328 e. The summed E-state index contributed by atoms with van der Waals surface area (Å²) in [5, 5.41) is 56.9. The molecule has 0 fully saturated rings. The van der Waals surface area contributed by atoms with Crippen LogP contribution in [0.3, 0.4) is 0 Å². The lowest BCUT2D eigenvalue weighted by molar-refractivity contribution is -0.132. The van der Waals surface area contributed by atoms with Gasteiger partial charge in [-0.15, -0.1) is 0 Å². The van der Waals surface area contributed by atoms with E-state index in [0.29, 0.717) is 59.5 Å². The maximum Gasteiger partial charge on any atom is 0.328 e. The molecule has 21 nitrogen and oxygen atoms in total. The summed E-state index contributed by atoms with van der Waals surface area (Å²) in [4.78, 5) is 54.5. The van der Waals surface area contributed by atoms with E-state index in [-0.39, 0.29) is 94.9 Å². The number of aromatic nitrogens is 7. The van der Waals surface area contributed by atoms with Gasteiger partial charge in [0.15, 0.2) is 0 Å². The second-order valence-electron chi connectivity index (χ2n) is 38.6. The van der Waals surface area contributed by atoms with E-state index in [1.54, 1.807) is 55.3 Å². The van der Waals surface area contributed by atoms with E-state index in [4.69, 9.17) is 29.3 Å². The van der Waals surface area contributed by atoms with E-state index < -0.39 is 117 Å². The minimum absolute atomic E-state index is 0.0127. The minimum atomic E-state index is -1.64. The maximum atomic E-state index is 15.6. The van der Waals surface area contributed by atoms with Crippen LogP contribution in [0, 0.1) is 46.5 Å². The van der Waals surface area contributed by atoms with Crippen molar-refractivity contribution in [1.82, 2.24) is 54.8 Å². The standard InChI is InChI=1S/C30H27F3N2O3.C29H28F3N3O3.2C24H24F3N3O2/c1-17-11-22-21-14-19(20-5-4-10-34-15-20)7-8-25(21)38-29(22)28(35(17)16-30(2,3)33)27-23(31)12-18(13-24(27)32)6-9-26(36)37;1-16-9-21-20-12-18(19-13-33-34(4)14-19)6-7-24(20)38-28(21)27(35(16)15-29(2,3)32)26-22(30)10-17(11-23(26)31)5-8-25(36)37;1-13-8-16-15(5-6-20-17(16)11-28-29-20)23(30(13)12-24(2,3)27)22-18(25)9-14(10-19(22)26)4-7-21(31)32;1-13-6-15-10-20-16(11-28-29-20)9-17(15)23(30(13)12-24(2,3)27)22-18(25)7-14(8-19(22)26)4-5-21(31)32/h4-10,12-15,17,28H,11,16H2,1-3H3,(H,36,37);5-8,10-14,16,27H,9,15H2,1-4H3,(H,36,37);4-7,9-11,13,23H,8,12H2,1-3H3,(H,28,29)(H,31,32);4-5,7-11,13,23H,6,12H2,1-3H3,(H,28,29)(H,31,32)/b9-6+;8-5+;7-4+;5-4+. The van der Waals surface area contributed by atoms with Crippen LogP contribution in [0.5, 0.6) is 0 Å². The van der Waals surface area contributed by atoms with Gasteiger partial charge in [0.05, 0.1) is 41.7 Å². The second-order valence-corrected chi connectivity index (χ2v) is 38.6. The first-order valence-electron chi connectivity index (χ1n) is 45.3. The number of aryl methyl sites for hydroxylation is 1. The first-order chi connectivity index (χ1) is 66.0. The van der Waals surface area contributed by atoms with Crippen LogP contribution in [0.1, 0.15) is 197 Å². The molecule has 140 heavy (non-hydrogen) atoms. The zero-order valence-corrected chi connectivity index (χ0v) is 78.7. The Hall–Kier alpha value is -14.0. The normalized spacial score (nSPS) is 18.9. The van der Waals surface area contributed by atoms with Gasteiger partial charge in [0.1, 0.15) is 104 Å². The highest BCUT2D eigenvalue weighted by atomic mass is 19.2. The van der Waals surface area contributed by atoms with Gasteiger partial charge in [-0.2, -0.15) is 15.3 Å². The van der Waals surface area contributed by atoms with Gasteiger partial charge in [-0.1, -0.05) is 24.3 Å². The molecule has 18 rings (SSSR count). The molecule has 0 bridgehead atoms. The van der Waals surface area contributed by atoms with Gasteiger partial charge in [-0.3, -0.25) is 39.5 Å². The molecular weight excluding hydrogens is 1830 g/mol. The largest absolute Gasteiger partial charge is 0.478 e. The first-order valence-corrected chi connectivity index (χ1v) is 45.3. The Bertz CT molecular complexity index is 7020. The van der Waals surface area contributed by atoms with Crippen molar-refractivity contribution in [3.05, 3.63) is 319 Å². The summed E-state index contributed by atoms with van der Waals surface area (Å²) in [5.74, 6) is -10.8. The van der Waals surface area contributed by atoms with Gasteiger partial charge in [0.25, 0.3) is 0 Å². The fraction of sp³-hybridized carbons (Fsp3) is 0.308. The average molecular weight is 1930 g/mol. The zero-order valence-electron chi connectivity index (χ0n) is 78.7. The Morgan fingerprint density at radius 2 is 0.764 bits per heavy atom. The van der Waals surface area contributed by atoms with Crippen LogP contribution >= 0.6 is 0 Å². The number of hydrogen-bond acceptors (Lipinski definition) is 14. The predicted molar refractivity (Wildman–Crippen MR) is 510 cm³/mol. The Labute approximate surface area is 797 Å². The van der Waals surface area contributed by atoms with Crippen LogP contribution < -0.4 is 0 Å². The van der Waals surface area contributed by atoms with Crippen LogP contribution in [0.25, 0.3) is 90.3 Å². The number of furan rings is 2. The number of halogens is 12. The van der Waals surface area contributed by atoms with Crippen LogP contribution in [0.15, 0.2) is 192 Å². The van der Waals surface area contributed by atoms with Crippen LogP contribution in [0.2, 0.25) is 0 Å². The van der Waals surface area contributed by atoms with Gasteiger partial charge < -0.3 is 29.3 Å². The van der Waals surface area contributed by atoms with Crippen molar-refractivity contribution in [2.24, 2.45) is 7.05 Å². The number of alkyl halides is 4. The molecule has 0 radical (unpaired) electrons. The molecule has 10 heterocycles. The highest BCUT2D eigenvalue weighted by Gasteiger charge is 2.47. The predicted octanol–water partition coefficient (Wildman–Crippen LogP) is 23.3. The lowest BCUT2D eigenvalue weighted by atomic mass is 9.82. The molecule has 33 heteroatoms. The number of carboxylic acids is 4. The Balaban J connectivity index is 0.000000142. The van der Waals surface area contributed by atoms with E-state index in [2.05, 4.69) is 30.5 Å². The van der Waals surface area contributed by atoms with E-state index in [1.165, 1.54) is 55.4 Å². The van der Waals surface area contributed by atoms with Crippen molar-refractivity contribution < 1.29 is 101 Å². The number of aromatic amines is 2. The van der Waals surface area contributed by atoms with Gasteiger partial charge in [0.2, 0.25) is 0 Å². The number of carboxylic acid groups (broad SMARTS) is 4. The SMILES string of the molecule is CC1Cc2c(ccc3[nH]ncc23)C(c2c(F)cc(/C=C/C(=O)O)cc2F)N1CC(C)(C)F.CC1Cc2c(oc3ccc(-c4cccnc4)cc23)C(c2c(F)cc(/C=C/C(=O)O)cc2F)N1CC(C)(C)F.CC1Cc2c(oc3ccc(-c4cnn(C)c4)cc23)C(c2c(F)cc(/C=C/C(=O)O)cc2F)N1CC(C)(C)F.CC1Cc2cc3[nH]ncc3cc2C(c2c(F)cc(/C=C/C(=O)O)cc2F)N1CC(C)(C)F. The number of rotatable bonds is 22. The fourth-order valence-electron chi connectivity index (χ4n) is 19.5. The van der Waals surface area contributed by atoms with Gasteiger partial charge in [-0.05, 0) is 286 Å². The second kappa shape index (κ2) is 40.1. The van der Waals surface area contributed by atoms with Crippen molar-refractivity contribution in [3.8, 4) is 22.3 Å². The zero-order chi connectivity index (χ0) is 101. The Morgan fingerprint density at radius 1 is 0.400 bits per heavy atom. The topological polar surface area (TPSA) is 277 Å². The molecule has 0 aliphatic carbocycles. The van der Waals surface area contributed by atoms with Gasteiger partial charge >= 0.3 is 23.9 Å². The molecule has 6 N–H and O–H groups in total. The van der Waals surface area contributed by atoms with E-state index in [9.17, 15) is 36.7 Å². The van der Waals surface area contributed by atoms with E-state index in [0.717, 1.165) is 174 Å². The Morgan fingerprint density at radius 3 is 1.14 bits per heavy atom. The quantitative estimate of drug-likeness (QED) is 0.0272. The number of H-pyrrole nitrogens is 2. The molecule has 8 aromatic carbocycles. The first kappa shape index (κ1) is 100. The summed E-state index contributed by atoms with van der Waals surface area (Å²) in [6.45, 7) is 19.0. The van der Waals surface area contributed by atoms with Crippen LogP contribution in [0.4, 0.5) is 52.7 Å². The summed E-state index contributed by atoms with van der Waals surface area (Å²) >= 11 is 0. The number of pyridine rings is 1. The Kier molecular flexibility index (Phi) is 28.7. The summed E-state index contributed by atoms with van der Waals surface area (Å²) in [5.41, 5.74) is 4.38. The molecule has 0 amide bonds. The molecule has 0 spiro atoms. The molecule has 14 aromatic rings. The monoisotopic (exact) mass is 1930 g/mol. The van der Waals surface area contributed by atoms with Gasteiger partial charge in [0, 0.05) is 166 Å². The number of fused-ring (bicyclic) bond motifs is 11. The molecule has 6 aromatic heterocycles. The number of nitrogens with zero attached hydrogens (tertiary/aromatic N) is 9. The van der Waals surface area contributed by atoms with Crippen LogP contribution in [-0.2, 0) is 51.9 Å². The molecule has 0 saturated carbocycles. The van der Waals surface area contributed by atoms with E-state index in [1.807, 2.05) is 114 Å². The highest BCUT2D eigenvalue weighted by Crippen LogP contribution is 2.51. The van der Waals surface area contributed by atoms with Crippen molar-refractivity contribution in [2.75, 3.05) is 26.2 Å². The third-order valence-corrected chi connectivity index (χ3v) is 25.2. The minimum Gasteiger partial charge on any atom is -0.478 e. The molecule has 730 valence electrons. The molecule has 8 atom stereocenters. The molecule has 0 saturated heterocycles. The molecule has 4 aliphatic heterocycles. The van der Waals surface area contributed by atoms with Crippen molar-refractivity contribution in [1.29, 1.82) is 0 Å². The number of hydrogen-bond donors (Lipinski definition) is 6. The van der Waals surface area contributed by atoms with Crippen LogP contribution in [-0.4, -0.2) is 172 Å². The number of carbonyl (C=O) groups is 4. The van der Waals surface area contributed by atoms with Crippen molar-refractivity contribution >= 4 is 91.9 Å². The summed E-state index contributed by atoms with van der Waals surface area (Å²) in [7, 11) is 1.83. The third-order valence-electron chi connectivity index (χ3n) is 25.2. The summed E-state index contributed by atoms with van der Waals surface area (Å²) < 4.78 is 197. The van der Waals surface area contributed by atoms with E-state index >= 15 is 35.1 Å². The van der Waals surface area contributed by atoms with Crippen molar-refractivity contribution in [3.63, 3.8) is 0 Å². The number of aliphatic carboxylic acids is 4. The summed E-state index contributed by atoms with van der Waals surface area (Å²) in [6, 6.07) is 26.8. The molecular formula is C107H103F12N11O10. The fourth-order valence-corrected chi connectivity index (χ4v) is 19.5. The molecule has 4 aliphatic rings. The average Bonchev–Trinajstić information content (AvgIpc) is 1.08. The molecule has 8 unspecified atom stereocenters. The lowest BCUT2D eigenvalue weighted by Gasteiger charge is -2.44. The summed E-state index contributed by atoms with van der Waals surface area (Å²) in [6.07, 6.45) is 20.4. The number of benzene rings is 8. The lowest BCUT2D eigenvalue weighted by Crippen LogP contribution is -2.48. The highest BCUT2D eigenvalue weighted by molar-refractivity contribution is 5.92. The van der Waals surface area contributed by atoms with Crippen molar-refractivity contribution in [2.45, 2.75) is 180 Å². The maximum absolute atomic E-state index is 15.6. The third kappa shape index (κ3) is 22.3. The van der Waals surface area contributed by atoms with Gasteiger partial charge in [-0.25, -0.2) is 71.9 Å².